The van der Waals surface area contributed by atoms with Crippen LogP contribution < -0.4 is 10.6 Å². The smallest absolute Gasteiger partial charge is 0.251 e. The third kappa shape index (κ3) is 4.50. The first kappa shape index (κ1) is 23.7. The lowest BCUT2D eigenvalue weighted by Gasteiger charge is -2.42. The predicted molar refractivity (Wildman–Crippen MR) is 141 cm³/mol. The van der Waals surface area contributed by atoms with Gasteiger partial charge in [0.2, 0.25) is 5.91 Å². The molecule has 0 bridgehead atoms. The first-order valence-corrected chi connectivity index (χ1v) is 13.4. The Bertz CT molecular complexity index is 1280. The number of nitrogens with one attached hydrogen (secondary N) is 2. The van der Waals surface area contributed by atoms with E-state index in [2.05, 4.69) is 22.8 Å². The maximum Gasteiger partial charge on any atom is 0.251 e. The summed E-state index contributed by atoms with van der Waals surface area (Å²) in [5.41, 5.74) is 3.49. The predicted octanol–water partition coefficient (Wildman–Crippen LogP) is 5.87. The Morgan fingerprint density at radius 2 is 1.62 bits per heavy atom. The molecular weight excluding hydrogens is 465 g/mol. The average molecular weight is 498 g/mol. The van der Waals surface area contributed by atoms with E-state index in [0.29, 0.717) is 12.1 Å². The van der Waals surface area contributed by atoms with Crippen molar-refractivity contribution in [2.24, 2.45) is 11.8 Å². The number of carbonyl (C=O) groups excluding carboxylic acids is 2. The molecule has 6 heteroatoms. The molecule has 37 heavy (non-hydrogen) atoms. The van der Waals surface area contributed by atoms with Gasteiger partial charge in [-0.15, -0.1) is 0 Å². The Hall–Kier alpha value is -3.67. The molecule has 6 rings (SSSR count). The number of nitrogens with zero attached hydrogens (tertiary/aromatic N) is 1. The molecule has 1 saturated carbocycles. The van der Waals surface area contributed by atoms with Crippen LogP contribution in [0.3, 0.4) is 0 Å². The summed E-state index contributed by atoms with van der Waals surface area (Å²) in [5, 5.41) is 6.76. The summed E-state index contributed by atoms with van der Waals surface area (Å²) < 4.78 is 14.3. The number of hydrogen-bond acceptors (Lipinski definition) is 3. The summed E-state index contributed by atoms with van der Waals surface area (Å²) in [6.07, 6.45) is 4.41. The number of benzene rings is 3. The standard InChI is InChI=1S/C31H32FN3O2/c32-22-15-16-23-27(19-22)33-28(20-9-3-1-4-10-20)25-17-18-35(29(23)25)31(37)24-13-7-8-14-26(24)34-30(36)21-11-5-2-6-12-21/h1-6,9-12,15-16,19,24-26,28-29,33H,7-8,13-14,17-18H2,(H,34,36)/t24?,25-,26-,28+,29+/m1/s1. The lowest BCUT2D eigenvalue weighted by atomic mass is 9.79. The topological polar surface area (TPSA) is 61.4 Å². The molecule has 2 fully saturated rings. The minimum atomic E-state index is -0.289. The molecule has 2 N–H and O–H groups in total. The fraction of sp³-hybridized carbons (Fsp3) is 0.355. The second-order valence-electron chi connectivity index (χ2n) is 10.5. The normalized spacial score (nSPS) is 26.5. The van der Waals surface area contributed by atoms with E-state index in [1.165, 1.54) is 6.07 Å². The maximum atomic E-state index is 14.3. The van der Waals surface area contributed by atoms with E-state index < -0.39 is 0 Å². The average Bonchev–Trinajstić information content (AvgIpc) is 3.39. The Balaban J connectivity index is 1.29. The first-order valence-electron chi connectivity index (χ1n) is 13.4. The number of fused-ring (bicyclic) bond motifs is 3. The van der Waals surface area contributed by atoms with Crippen molar-refractivity contribution in [1.29, 1.82) is 0 Å². The van der Waals surface area contributed by atoms with Crippen LogP contribution in [0.4, 0.5) is 10.1 Å². The minimum absolute atomic E-state index is 0.00163. The van der Waals surface area contributed by atoms with Crippen LogP contribution in [0.1, 0.15) is 65.7 Å². The molecule has 0 radical (unpaired) electrons. The number of carbonyl (C=O) groups is 2. The SMILES string of the molecule is O=C(N[C@@H]1CCCCC1C(=O)N1CC[C@@H]2[C@H](c3ccccc3)Nc3cc(F)ccc3[C@@H]21)c1ccccc1. The highest BCUT2D eigenvalue weighted by Crippen LogP contribution is 2.52. The van der Waals surface area contributed by atoms with Crippen LogP contribution in [-0.4, -0.2) is 29.3 Å². The Labute approximate surface area is 217 Å². The summed E-state index contributed by atoms with van der Waals surface area (Å²) in [4.78, 5) is 29.2. The zero-order valence-corrected chi connectivity index (χ0v) is 20.8. The molecule has 0 aromatic heterocycles. The summed E-state index contributed by atoms with van der Waals surface area (Å²) in [7, 11) is 0. The van der Waals surface area contributed by atoms with Crippen molar-refractivity contribution in [3.8, 4) is 0 Å². The minimum Gasteiger partial charge on any atom is -0.377 e. The van der Waals surface area contributed by atoms with Crippen LogP contribution >= 0.6 is 0 Å². The molecule has 5 atom stereocenters. The van der Waals surface area contributed by atoms with Gasteiger partial charge in [-0.3, -0.25) is 9.59 Å². The maximum absolute atomic E-state index is 14.3. The highest BCUT2D eigenvalue weighted by Gasteiger charge is 2.48. The van der Waals surface area contributed by atoms with Crippen molar-refractivity contribution in [3.63, 3.8) is 0 Å². The number of anilines is 1. The Morgan fingerprint density at radius 1 is 0.892 bits per heavy atom. The molecule has 1 saturated heterocycles. The highest BCUT2D eigenvalue weighted by atomic mass is 19.1. The number of halogens is 1. The molecule has 2 aliphatic heterocycles. The van der Waals surface area contributed by atoms with Gasteiger partial charge in [0, 0.05) is 29.8 Å². The molecule has 3 aliphatic rings. The van der Waals surface area contributed by atoms with Crippen molar-refractivity contribution in [3.05, 3.63) is 101 Å². The zero-order chi connectivity index (χ0) is 25.4. The molecule has 1 unspecified atom stereocenters. The van der Waals surface area contributed by atoms with E-state index >= 15 is 0 Å². The lowest BCUT2D eigenvalue weighted by Crippen LogP contribution is -2.50. The molecule has 3 aromatic carbocycles. The lowest BCUT2D eigenvalue weighted by molar-refractivity contribution is -0.138. The van der Waals surface area contributed by atoms with Crippen LogP contribution in [0.15, 0.2) is 78.9 Å². The first-order chi connectivity index (χ1) is 18.1. The third-order valence-corrected chi connectivity index (χ3v) is 8.40. The van der Waals surface area contributed by atoms with Gasteiger partial charge in [0.1, 0.15) is 5.82 Å². The Kier molecular flexibility index (Phi) is 6.41. The summed E-state index contributed by atoms with van der Waals surface area (Å²) in [5.74, 6) is -0.381. The largest absolute Gasteiger partial charge is 0.377 e. The van der Waals surface area contributed by atoms with Crippen molar-refractivity contribution in [2.45, 2.75) is 50.2 Å². The van der Waals surface area contributed by atoms with Gasteiger partial charge in [0.05, 0.1) is 18.0 Å². The summed E-state index contributed by atoms with van der Waals surface area (Å²) >= 11 is 0. The van der Waals surface area contributed by atoms with Gasteiger partial charge < -0.3 is 15.5 Å². The van der Waals surface area contributed by atoms with Gasteiger partial charge in [0.15, 0.2) is 0 Å². The van der Waals surface area contributed by atoms with Crippen LogP contribution in [0, 0.1) is 17.7 Å². The molecule has 190 valence electrons. The van der Waals surface area contributed by atoms with E-state index in [0.717, 1.165) is 48.9 Å². The van der Waals surface area contributed by atoms with Crippen molar-refractivity contribution in [2.75, 3.05) is 11.9 Å². The fourth-order valence-corrected chi connectivity index (χ4v) is 6.64. The number of amides is 2. The van der Waals surface area contributed by atoms with Crippen molar-refractivity contribution in [1.82, 2.24) is 10.2 Å². The molecule has 3 aromatic rings. The molecule has 2 heterocycles. The van der Waals surface area contributed by atoms with E-state index in [1.807, 2.05) is 47.4 Å². The van der Waals surface area contributed by atoms with Crippen LogP contribution in [0.2, 0.25) is 0 Å². The van der Waals surface area contributed by atoms with Gasteiger partial charge >= 0.3 is 0 Å². The van der Waals surface area contributed by atoms with E-state index in [9.17, 15) is 14.0 Å². The summed E-state index contributed by atoms with van der Waals surface area (Å²) in [6.45, 7) is 0.659. The molecule has 5 nitrogen and oxygen atoms in total. The monoisotopic (exact) mass is 497 g/mol. The van der Waals surface area contributed by atoms with Gasteiger partial charge in [-0.1, -0.05) is 67.4 Å². The van der Waals surface area contributed by atoms with Crippen LogP contribution in [0.5, 0.6) is 0 Å². The second kappa shape index (κ2) is 10.0. The Morgan fingerprint density at radius 3 is 2.41 bits per heavy atom. The number of hydrogen-bond donors (Lipinski definition) is 2. The molecular formula is C31H32FN3O2. The molecule has 1 aliphatic carbocycles. The van der Waals surface area contributed by atoms with Crippen LogP contribution in [0.25, 0.3) is 0 Å². The molecule has 0 spiro atoms. The van der Waals surface area contributed by atoms with Crippen LogP contribution in [-0.2, 0) is 4.79 Å². The van der Waals surface area contributed by atoms with E-state index in [4.69, 9.17) is 0 Å². The molecule has 2 amide bonds. The van der Waals surface area contributed by atoms with Gasteiger partial charge in [-0.2, -0.15) is 0 Å². The third-order valence-electron chi connectivity index (χ3n) is 8.40. The van der Waals surface area contributed by atoms with E-state index in [-0.39, 0.29) is 47.6 Å². The highest BCUT2D eigenvalue weighted by molar-refractivity contribution is 5.95. The zero-order valence-electron chi connectivity index (χ0n) is 20.8. The van der Waals surface area contributed by atoms with Gasteiger partial charge in [-0.25, -0.2) is 4.39 Å². The van der Waals surface area contributed by atoms with E-state index in [1.54, 1.807) is 18.2 Å². The van der Waals surface area contributed by atoms with Gasteiger partial charge in [0.25, 0.3) is 5.91 Å². The quantitative estimate of drug-likeness (QED) is 0.474. The second-order valence-corrected chi connectivity index (χ2v) is 10.5. The van der Waals surface area contributed by atoms with Gasteiger partial charge in [-0.05, 0) is 54.7 Å². The summed E-state index contributed by atoms with van der Waals surface area (Å²) in [6, 6.07) is 24.0. The number of likely N-dealkylation sites (tertiary alicyclic amines) is 1. The van der Waals surface area contributed by atoms with Crippen molar-refractivity contribution >= 4 is 17.5 Å². The van der Waals surface area contributed by atoms with Crippen molar-refractivity contribution < 1.29 is 14.0 Å². The fourth-order valence-electron chi connectivity index (χ4n) is 6.64. The number of rotatable bonds is 4.